The minimum atomic E-state index is -3.01. The molecule has 2 aromatic heterocycles. The number of nitrogens with one attached hydrogen (secondary N) is 1. The van der Waals surface area contributed by atoms with Crippen LogP contribution < -0.4 is 5.32 Å². The van der Waals surface area contributed by atoms with Crippen LogP contribution in [-0.2, 0) is 16.3 Å². The Labute approximate surface area is 126 Å². The smallest absolute Gasteiger partial charge is 0.173 e. The number of hydrogen-bond donors (Lipinski definition) is 1. The van der Waals surface area contributed by atoms with Crippen molar-refractivity contribution in [2.45, 2.75) is 18.5 Å². The van der Waals surface area contributed by atoms with E-state index in [2.05, 4.69) is 28.2 Å². The van der Waals surface area contributed by atoms with Gasteiger partial charge in [0.2, 0.25) is 0 Å². The van der Waals surface area contributed by atoms with Crippen LogP contribution in [0.1, 0.15) is 15.8 Å². The molecule has 3 rings (SSSR count). The van der Waals surface area contributed by atoms with Crippen molar-refractivity contribution in [3.05, 3.63) is 56.3 Å². The number of rotatable bonds is 5. The van der Waals surface area contributed by atoms with Crippen LogP contribution >= 0.6 is 22.7 Å². The van der Waals surface area contributed by atoms with Crippen LogP contribution in [0.15, 0.2) is 46.5 Å². The third-order valence-electron chi connectivity index (χ3n) is 3.22. The van der Waals surface area contributed by atoms with E-state index in [1.54, 1.807) is 28.7 Å². The van der Waals surface area contributed by atoms with E-state index < -0.39 is 9.84 Å². The van der Waals surface area contributed by atoms with Gasteiger partial charge in [0.1, 0.15) is 0 Å². The van der Waals surface area contributed by atoms with Crippen LogP contribution in [-0.4, -0.2) is 20.2 Å². The summed E-state index contributed by atoms with van der Waals surface area (Å²) in [4.78, 5) is 2.55. The maximum Gasteiger partial charge on any atom is 0.173 e. The van der Waals surface area contributed by atoms with Gasteiger partial charge in [0.05, 0.1) is 5.75 Å². The van der Waals surface area contributed by atoms with E-state index in [-0.39, 0.29) is 17.8 Å². The van der Waals surface area contributed by atoms with Crippen molar-refractivity contribution in [1.29, 1.82) is 0 Å². The lowest BCUT2D eigenvalue weighted by atomic mass is 10.1. The first-order valence-corrected chi connectivity index (χ1v) is 9.83. The molecule has 0 saturated heterocycles. The molecule has 2 unspecified atom stereocenters. The van der Waals surface area contributed by atoms with E-state index >= 15 is 0 Å². The lowest BCUT2D eigenvalue weighted by molar-refractivity contribution is 0.509. The molecular formula is C14H15NO2S3. The Hall–Kier alpha value is -0.950. The Morgan fingerprint density at radius 2 is 2.05 bits per heavy atom. The van der Waals surface area contributed by atoms with E-state index in [1.807, 2.05) is 12.1 Å². The van der Waals surface area contributed by atoms with Crippen LogP contribution in [0.3, 0.4) is 0 Å². The largest absolute Gasteiger partial charge is 0.302 e. The SMILES string of the molecule is O=S1(=O)C=CC(NC(Cc2cccs2)c2cccs2)C1. The summed E-state index contributed by atoms with van der Waals surface area (Å²) < 4.78 is 23.0. The molecule has 0 saturated carbocycles. The van der Waals surface area contributed by atoms with Gasteiger partial charge in [-0.05, 0) is 22.9 Å². The van der Waals surface area contributed by atoms with Crippen molar-refractivity contribution in [2.24, 2.45) is 0 Å². The summed E-state index contributed by atoms with van der Waals surface area (Å²) >= 11 is 3.44. The van der Waals surface area contributed by atoms with E-state index in [0.29, 0.717) is 0 Å². The van der Waals surface area contributed by atoms with Crippen molar-refractivity contribution in [3.63, 3.8) is 0 Å². The van der Waals surface area contributed by atoms with Crippen molar-refractivity contribution < 1.29 is 8.42 Å². The lowest BCUT2D eigenvalue weighted by Gasteiger charge is -2.20. The van der Waals surface area contributed by atoms with Crippen molar-refractivity contribution in [2.75, 3.05) is 5.75 Å². The number of thiophene rings is 2. The van der Waals surface area contributed by atoms with Crippen LogP contribution in [0.25, 0.3) is 0 Å². The van der Waals surface area contributed by atoms with E-state index in [4.69, 9.17) is 0 Å². The Morgan fingerprint density at radius 1 is 1.25 bits per heavy atom. The average molecular weight is 325 g/mol. The highest BCUT2D eigenvalue weighted by Gasteiger charge is 2.25. The molecule has 1 aliphatic rings. The van der Waals surface area contributed by atoms with Crippen LogP contribution in [0.2, 0.25) is 0 Å². The second kappa shape index (κ2) is 5.81. The summed E-state index contributed by atoms with van der Waals surface area (Å²) in [6.07, 6.45) is 2.65. The third-order valence-corrected chi connectivity index (χ3v) is 6.50. The summed E-state index contributed by atoms with van der Waals surface area (Å²) in [7, 11) is -3.01. The highest BCUT2D eigenvalue weighted by Crippen LogP contribution is 2.26. The van der Waals surface area contributed by atoms with E-state index in [0.717, 1.165) is 6.42 Å². The standard InChI is InChI=1S/C14H15NO2S3/c16-20(17)8-5-11(10-20)15-13(14-4-2-7-19-14)9-12-3-1-6-18-12/h1-8,11,13,15H,9-10H2. The number of sulfone groups is 1. The Balaban J connectivity index is 1.75. The molecule has 0 radical (unpaired) electrons. The molecule has 0 fully saturated rings. The molecule has 20 heavy (non-hydrogen) atoms. The molecular weight excluding hydrogens is 310 g/mol. The fraction of sp³-hybridized carbons (Fsp3) is 0.286. The van der Waals surface area contributed by atoms with Gasteiger partial charge in [-0.3, -0.25) is 0 Å². The van der Waals surface area contributed by atoms with Gasteiger partial charge in [-0.1, -0.05) is 18.2 Å². The highest BCUT2D eigenvalue weighted by molar-refractivity contribution is 7.94. The fourth-order valence-corrected chi connectivity index (χ4v) is 5.09. The first-order chi connectivity index (χ1) is 9.62. The molecule has 3 heterocycles. The summed E-state index contributed by atoms with van der Waals surface area (Å²) in [5.41, 5.74) is 0. The van der Waals surface area contributed by atoms with Crippen LogP contribution in [0.5, 0.6) is 0 Å². The molecule has 2 atom stereocenters. The zero-order chi connectivity index (χ0) is 14.0. The molecule has 0 bridgehead atoms. The van der Waals surface area contributed by atoms with Crippen LogP contribution in [0.4, 0.5) is 0 Å². The van der Waals surface area contributed by atoms with Crippen LogP contribution in [0, 0.1) is 0 Å². The van der Waals surface area contributed by atoms with Crippen molar-refractivity contribution in [1.82, 2.24) is 5.32 Å². The van der Waals surface area contributed by atoms with E-state index in [1.165, 1.54) is 15.2 Å². The minimum absolute atomic E-state index is 0.0907. The van der Waals surface area contributed by atoms with Gasteiger partial charge in [-0.25, -0.2) is 8.42 Å². The highest BCUT2D eigenvalue weighted by atomic mass is 32.2. The van der Waals surface area contributed by atoms with Gasteiger partial charge in [-0.2, -0.15) is 0 Å². The van der Waals surface area contributed by atoms with Crippen molar-refractivity contribution >= 4 is 32.5 Å². The van der Waals surface area contributed by atoms with Gasteiger partial charge in [-0.15, -0.1) is 22.7 Å². The first-order valence-electron chi connectivity index (χ1n) is 6.35. The average Bonchev–Trinajstić information content (AvgIpc) is 3.10. The summed E-state index contributed by atoms with van der Waals surface area (Å²) in [6.45, 7) is 0. The fourth-order valence-electron chi connectivity index (χ4n) is 2.30. The topological polar surface area (TPSA) is 46.2 Å². The molecule has 6 heteroatoms. The normalized spacial score (nSPS) is 22.1. The maximum atomic E-state index is 11.5. The minimum Gasteiger partial charge on any atom is -0.302 e. The first kappa shape index (κ1) is 14.0. The molecule has 3 nitrogen and oxygen atoms in total. The molecule has 2 aromatic rings. The van der Waals surface area contributed by atoms with Crippen molar-refractivity contribution in [3.8, 4) is 0 Å². The zero-order valence-corrected chi connectivity index (χ0v) is 13.2. The second-order valence-corrected chi connectivity index (χ2v) is 8.73. The second-order valence-electron chi connectivity index (χ2n) is 4.78. The predicted molar refractivity (Wildman–Crippen MR) is 84.9 cm³/mol. The lowest BCUT2D eigenvalue weighted by Crippen LogP contribution is -2.34. The summed E-state index contributed by atoms with van der Waals surface area (Å²) in [6, 6.07) is 8.37. The van der Waals surface area contributed by atoms with E-state index in [9.17, 15) is 8.42 Å². The molecule has 0 aromatic carbocycles. The molecule has 0 aliphatic carbocycles. The summed E-state index contributed by atoms with van der Waals surface area (Å²) in [5, 5.41) is 8.91. The Kier molecular flexibility index (Phi) is 4.07. The third kappa shape index (κ3) is 3.38. The van der Waals surface area contributed by atoms with Gasteiger partial charge in [0.15, 0.2) is 9.84 Å². The quantitative estimate of drug-likeness (QED) is 0.919. The molecule has 106 valence electrons. The molecule has 0 spiro atoms. The predicted octanol–water partition coefficient (Wildman–Crippen LogP) is 2.99. The summed E-state index contributed by atoms with van der Waals surface area (Å²) in [5.74, 6) is 0.166. The van der Waals surface area contributed by atoms with Gasteiger partial charge < -0.3 is 5.32 Å². The molecule has 1 aliphatic heterocycles. The maximum absolute atomic E-state index is 11.5. The zero-order valence-electron chi connectivity index (χ0n) is 10.7. The monoisotopic (exact) mass is 325 g/mol. The number of hydrogen-bond acceptors (Lipinski definition) is 5. The van der Waals surface area contributed by atoms with Gasteiger partial charge in [0.25, 0.3) is 0 Å². The Morgan fingerprint density at radius 3 is 2.65 bits per heavy atom. The molecule has 1 N–H and O–H groups in total. The van der Waals surface area contributed by atoms with Gasteiger partial charge >= 0.3 is 0 Å². The van der Waals surface area contributed by atoms with Gasteiger partial charge in [0, 0.05) is 33.7 Å². The Bertz CT molecular complexity index is 672. The molecule has 0 amide bonds.